The lowest BCUT2D eigenvalue weighted by atomic mass is 10.1. The number of phenolic OH excluding ortho intramolecular Hbond substituents is 1. The molecule has 3 N–H and O–H groups in total. The maximum atomic E-state index is 12.3. The maximum Gasteiger partial charge on any atom is 0.416 e. The average Bonchev–Trinajstić information content (AvgIpc) is 2.11. The number of aromatic hydroxyl groups is 1. The molecule has 1 aromatic rings. The highest BCUT2D eigenvalue weighted by atomic mass is 79.9. The SMILES string of the molecule is NOCc1cc(C(F)(F)F)cc(Br)c1O. The molecule has 0 heterocycles. The van der Waals surface area contributed by atoms with Gasteiger partial charge in [-0.25, -0.2) is 5.90 Å². The molecule has 0 aromatic heterocycles. The largest absolute Gasteiger partial charge is 0.506 e. The maximum absolute atomic E-state index is 12.3. The molecule has 0 atom stereocenters. The van der Waals surface area contributed by atoms with Crippen LogP contribution in [0.4, 0.5) is 13.2 Å². The van der Waals surface area contributed by atoms with Crippen LogP contribution in [0.1, 0.15) is 11.1 Å². The van der Waals surface area contributed by atoms with E-state index in [1.807, 2.05) is 0 Å². The van der Waals surface area contributed by atoms with Gasteiger partial charge in [0.05, 0.1) is 16.6 Å². The predicted molar refractivity (Wildman–Crippen MR) is 49.8 cm³/mol. The third-order valence-corrected chi connectivity index (χ3v) is 2.31. The standard InChI is InChI=1S/C8H7BrF3NO2/c9-6-2-5(8(10,11)12)1-4(3-15-13)7(6)14/h1-2,14H,3,13H2. The zero-order chi connectivity index (χ0) is 11.6. The molecule has 0 radical (unpaired) electrons. The lowest BCUT2D eigenvalue weighted by molar-refractivity contribution is -0.137. The lowest BCUT2D eigenvalue weighted by Gasteiger charge is -2.11. The van der Waals surface area contributed by atoms with Crippen LogP contribution in [0.2, 0.25) is 0 Å². The topological polar surface area (TPSA) is 55.5 Å². The molecule has 0 aliphatic heterocycles. The van der Waals surface area contributed by atoms with Crippen LogP contribution >= 0.6 is 15.9 Å². The normalized spacial score (nSPS) is 11.8. The first-order valence-electron chi connectivity index (χ1n) is 3.76. The zero-order valence-electron chi connectivity index (χ0n) is 7.31. The van der Waals surface area contributed by atoms with Crippen molar-refractivity contribution < 1.29 is 23.1 Å². The molecular weight excluding hydrogens is 279 g/mol. The number of halogens is 4. The Morgan fingerprint density at radius 1 is 1.40 bits per heavy atom. The molecule has 1 rings (SSSR count). The van der Waals surface area contributed by atoms with E-state index in [-0.39, 0.29) is 22.4 Å². The molecule has 0 aliphatic rings. The van der Waals surface area contributed by atoms with E-state index in [0.29, 0.717) is 0 Å². The number of nitrogens with two attached hydrogens (primary N) is 1. The summed E-state index contributed by atoms with van der Waals surface area (Å²) in [4.78, 5) is 4.18. The number of benzene rings is 1. The van der Waals surface area contributed by atoms with Gasteiger partial charge in [-0.2, -0.15) is 13.2 Å². The predicted octanol–water partition coefficient (Wildman–Crippen LogP) is 2.56. The van der Waals surface area contributed by atoms with Gasteiger partial charge < -0.3 is 5.11 Å². The van der Waals surface area contributed by atoms with E-state index in [0.717, 1.165) is 12.1 Å². The van der Waals surface area contributed by atoms with E-state index in [2.05, 4.69) is 20.8 Å². The number of rotatable bonds is 2. The lowest BCUT2D eigenvalue weighted by Crippen LogP contribution is -2.07. The minimum Gasteiger partial charge on any atom is -0.506 e. The number of hydrogen-bond acceptors (Lipinski definition) is 3. The van der Waals surface area contributed by atoms with Gasteiger partial charge in [-0.15, -0.1) is 0 Å². The van der Waals surface area contributed by atoms with E-state index < -0.39 is 11.7 Å². The van der Waals surface area contributed by atoms with Crippen molar-refractivity contribution in [1.29, 1.82) is 0 Å². The first-order chi connectivity index (χ1) is 6.86. The van der Waals surface area contributed by atoms with E-state index >= 15 is 0 Å². The van der Waals surface area contributed by atoms with Crippen LogP contribution in [0.25, 0.3) is 0 Å². The number of alkyl halides is 3. The summed E-state index contributed by atoms with van der Waals surface area (Å²) in [6.45, 7) is -0.297. The minimum atomic E-state index is -4.47. The Kier molecular flexibility index (Phi) is 3.58. The van der Waals surface area contributed by atoms with Crippen LogP contribution in [0.15, 0.2) is 16.6 Å². The number of phenols is 1. The van der Waals surface area contributed by atoms with Crippen molar-refractivity contribution in [3.8, 4) is 5.75 Å². The van der Waals surface area contributed by atoms with Crippen molar-refractivity contribution in [2.24, 2.45) is 5.90 Å². The van der Waals surface area contributed by atoms with Crippen molar-refractivity contribution in [3.63, 3.8) is 0 Å². The van der Waals surface area contributed by atoms with Gasteiger partial charge >= 0.3 is 6.18 Å². The smallest absolute Gasteiger partial charge is 0.416 e. The van der Waals surface area contributed by atoms with E-state index in [1.165, 1.54) is 0 Å². The third-order valence-electron chi connectivity index (χ3n) is 1.71. The van der Waals surface area contributed by atoms with Crippen molar-refractivity contribution in [3.05, 3.63) is 27.7 Å². The summed E-state index contributed by atoms with van der Waals surface area (Å²) in [7, 11) is 0. The Labute approximate surface area is 91.7 Å². The first-order valence-corrected chi connectivity index (χ1v) is 4.56. The summed E-state index contributed by atoms with van der Waals surface area (Å²) in [6.07, 6.45) is -4.47. The highest BCUT2D eigenvalue weighted by molar-refractivity contribution is 9.10. The van der Waals surface area contributed by atoms with E-state index in [9.17, 15) is 18.3 Å². The summed E-state index contributed by atoms with van der Waals surface area (Å²) >= 11 is 2.81. The van der Waals surface area contributed by atoms with Gasteiger partial charge in [-0.3, -0.25) is 4.84 Å². The molecule has 3 nitrogen and oxygen atoms in total. The average molecular weight is 286 g/mol. The molecule has 0 saturated carbocycles. The summed E-state index contributed by atoms with van der Waals surface area (Å²) in [5.41, 5.74) is -0.904. The highest BCUT2D eigenvalue weighted by Gasteiger charge is 2.32. The molecule has 0 unspecified atom stereocenters. The molecular formula is C8H7BrF3NO2. The van der Waals surface area contributed by atoms with Crippen LogP contribution in [0, 0.1) is 0 Å². The summed E-state index contributed by atoms with van der Waals surface area (Å²) < 4.78 is 37.0. The van der Waals surface area contributed by atoms with Gasteiger partial charge in [-0.05, 0) is 28.1 Å². The molecule has 1 aromatic carbocycles. The summed E-state index contributed by atoms with van der Waals surface area (Å²) in [5, 5.41) is 9.37. The summed E-state index contributed by atoms with van der Waals surface area (Å²) in [5.74, 6) is 4.42. The van der Waals surface area contributed by atoms with E-state index in [4.69, 9.17) is 5.90 Å². The van der Waals surface area contributed by atoms with Gasteiger partial charge in [-0.1, -0.05) is 0 Å². The molecule has 0 amide bonds. The fourth-order valence-electron chi connectivity index (χ4n) is 1.02. The molecule has 0 fully saturated rings. The van der Waals surface area contributed by atoms with Crippen LogP contribution in [0.5, 0.6) is 5.75 Å². The monoisotopic (exact) mass is 285 g/mol. The minimum absolute atomic E-state index is 0.0285. The van der Waals surface area contributed by atoms with Gasteiger partial charge in [0.25, 0.3) is 0 Å². The Balaban J connectivity index is 3.23. The molecule has 15 heavy (non-hydrogen) atoms. The zero-order valence-corrected chi connectivity index (χ0v) is 8.89. The van der Waals surface area contributed by atoms with Crippen molar-refractivity contribution >= 4 is 15.9 Å². The van der Waals surface area contributed by atoms with Gasteiger partial charge in [0, 0.05) is 5.56 Å². The van der Waals surface area contributed by atoms with Crippen molar-refractivity contribution in [2.45, 2.75) is 12.8 Å². The van der Waals surface area contributed by atoms with Crippen molar-refractivity contribution in [1.82, 2.24) is 0 Å². The third kappa shape index (κ3) is 2.83. The fraction of sp³-hybridized carbons (Fsp3) is 0.250. The van der Waals surface area contributed by atoms with Crippen molar-refractivity contribution in [2.75, 3.05) is 0 Å². The first kappa shape index (κ1) is 12.3. The summed E-state index contributed by atoms with van der Waals surface area (Å²) in [6, 6.07) is 1.57. The Morgan fingerprint density at radius 3 is 2.47 bits per heavy atom. The fourth-order valence-corrected chi connectivity index (χ4v) is 1.52. The van der Waals surface area contributed by atoms with Gasteiger partial charge in [0.1, 0.15) is 5.75 Å². The quantitative estimate of drug-likeness (QED) is 0.821. The number of hydrogen-bond donors (Lipinski definition) is 2. The molecule has 0 saturated heterocycles. The van der Waals surface area contributed by atoms with E-state index in [1.54, 1.807) is 0 Å². The second kappa shape index (κ2) is 4.38. The highest BCUT2D eigenvalue weighted by Crippen LogP contribution is 2.37. The molecule has 7 heteroatoms. The molecule has 0 aliphatic carbocycles. The van der Waals surface area contributed by atoms with Crippen LogP contribution in [0.3, 0.4) is 0 Å². The van der Waals surface area contributed by atoms with Gasteiger partial charge in [0.15, 0.2) is 0 Å². The van der Waals surface area contributed by atoms with Crippen LogP contribution in [-0.4, -0.2) is 5.11 Å². The Morgan fingerprint density at radius 2 is 2.00 bits per heavy atom. The Hall–Kier alpha value is -0.790. The van der Waals surface area contributed by atoms with Crippen LogP contribution in [-0.2, 0) is 17.6 Å². The molecule has 84 valence electrons. The molecule has 0 spiro atoms. The van der Waals surface area contributed by atoms with Crippen LogP contribution < -0.4 is 5.90 Å². The second-order valence-corrected chi connectivity index (χ2v) is 3.63. The Bertz CT molecular complexity index is 368. The second-order valence-electron chi connectivity index (χ2n) is 2.77. The molecule has 0 bridgehead atoms. The van der Waals surface area contributed by atoms with Gasteiger partial charge in [0.2, 0.25) is 0 Å².